The number of Topliss-reactive ketones (excluding diaryl/α,β-unsaturated/α-hetero) is 1. The van der Waals surface area contributed by atoms with E-state index in [0.717, 1.165) is 22.7 Å². The molecular formula is C23H17F3N4O4. The normalized spacial score (nSPS) is 15.9. The maximum Gasteiger partial charge on any atom is 0.575 e. The van der Waals surface area contributed by atoms with Gasteiger partial charge in [-0.05, 0) is 36.8 Å². The van der Waals surface area contributed by atoms with Crippen LogP contribution in [0, 0.1) is 5.92 Å². The molecule has 1 aliphatic rings. The molecule has 34 heavy (non-hydrogen) atoms. The minimum absolute atomic E-state index is 0.0380. The predicted octanol–water partition coefficient (Wildman–Crippen LogP) is 3.90. The number of esters is 1. The second-order valence-electron chi connectivity index (χ2n) is 7.49. The van der Waals surface area contributed by atoms with E-state index in [9.17, 15) is 27.6 Å². The molecule has 0 saturated heterocycles. The number of carbonyl (C=O) groups is 3. The van der Waals surface area contributed by atoms with Crippen LogP contribution in [0.1, 0.15) is 22.8 Å². The van der Waals surface area contributed by atoms with E-state index >= 15 is 0 Å². The Bertz CT molecular complexity index is 1290. The molecule has 1 N–H and O–H groups in total. The van der Waals surface area contributed by atoms with Crippen LogP contribution in [0.25, 0.3) is 11.4 Å². The molecule has 4 rings (SSSR count). The Morgan fingerprint density at radius 1 is 1.15 bits per heavy atom. The lowest BCUT2D eigenvalue weighted by molar-refractivity contribution is -0.291. The first kappa shape index (κ1) is 22.9. The molecule has 174 valence electrons. The number of anilines is 1. The fraction of sp³-hybridized carbons (Fsp3) is 0.174. The summed E-state index contributed by atoms with van der Waals surface area (Å²) in [6.07, 6.45) is -1.90. The van der Waals surface area contributed by atoms with Gasteiger partial charge >= 0.3 is 12.3 Å². The van der Waals surface area contributed by atoms with Crippen molar-refractivity contribution in [1.29, 1.82) is 0 Å². The van der Waals surface area contributed by atoms with Crippen molar-refractivity contribution in [2.75, 3.05) is 5.01 Å². The van der Waals surface area contributed by atoms with E-state index in [-0.39, 0.29) is 17.8 Å². The highest BCUT2D eigenvalue weighted by Crippen LogP contribution is 2.28. The number of rotatable bonds is 6. The van der Waals surface area contributed by atoms with Gasteiger partial charge in [-0.15, -0.1) is 13.2 Å². The van der Waals surface area contributed by atoms with E-state index < -0.39 is 35.5 Å². The third kappa shape index (κ3) is 4.87. The number of hydrogen-bond acceptors (Lipinski definition) is 6. The molecular weight excluding hydrogens is 453 g/mol. The number of nitrogens with one attached hydrogen (secondary N) is 1. The number of imidazole rings is 1. The maximum atomic E-state index is 13.0. The fourth-order valence-corrected chi connectivity index (χ4v) is 3.61. The Balaban J connectivity index is 1.51. The zero-order valence-corrected chi connectivity index (χ0v) is 17.7. The van der Waals surface area contributed by atoms with E-state index in [1.807, 2.05) is 6.07 Å². The summed E-state index contributed by atoms with van der Waals surface area (Å²) in [6.45, 7) is 1.52. The van der Waals surface area contributed by atoms with Gasteiger partial charge in [0, 0.05) is 24.4 Å². The molecule has 1 unspecified atom stereocenters. The number of H-pyrrole nitrogens is 1. The van der Waals surface area contributed by atoms with Crippen molar-refractivity contribution in [1.82, 2.24) is 9.97 Å². The fourth-order valence-electron chi connectivity index (χ4n) is 3.61. The molecule has 1 amide bonds. The molecule has 2 aromatic carbocycles. The van der Waals surface area contributed by atoms with Gasteiger partial charge in [-0.1, -0.05) is 24.3 Å². The number of carbonyl (C=O) groups excluding carboxylic acids is 3. The number of aromatic nitrogens is 2. The van der Waals surface area contributed by atoms with Crippen LogP contribution < -0.4 is 5.01 Å². The lowest BCUT2D eigenvalue weighted by Crippen LogP contribution is -2.33. The molecule has 8 nitrogen and oxygen atoms in total. The number of alkyl halides is 3. The second kappa shape index (κ2) is 8.93. The van der Waals surface area contributed by atoms with Gasteiger partial charge < -0.3 is 9.72 Å². The van der Waals surface area contributed by atoms with Gasteiger partial charge in [-0.25, -0.2) is 9.78 Å². The van der Waals surface area contributed by atoms with Crippen molar-refractivity contribution < 1.29 is 32.3 Å². The number of halogens is 3. The highest BCUT2D eigenvalue weighted by Gasteiger charge is 2.40. The van der Waals surface area contributed by atoms with E-state index in [1.165, 1.54) is 19.1 Å². The van der Waals surface area contributed by atoms with Crippen molar-refractivity contribution in [2.24, 2.45) is 11.0 Å². The van der Waals surface area contributed by atoms with Gasteiger partial charge in [0.25, 0.3) is 5.91 Å². The molecule has 3 aromatic rings. The highest BCUT2D eigenvalue weighted by atomic mass is 19.4. The van der Waals surface area contributed by atoms with E-state index in [4.69, 9.17) is 0 Å². The summed E-state index contributed by atoms with van der Waals surface area (Å²) < 4.78 is 40.5. The average Bonchev–Trinajstić information content (AvgIpc) is 3.41. The second-order valence-corrected chi connectivity index (χ2v) is 7.49. The lowest BCUT2D eigenvalue weighted by Gasteiger charge is -2.15. The number of ketones is 1. The minimum Gasteiger partial charge on any atom is -0.369 e. The van der Waals surface area contributed by atoms with Crippen molar-refractivity contribution in [2.45, 2.75) is 19.7 Å². The van der Waals surface area contributed by atoms with Gasteiger partial charge in [0.05, 0.1) is 17.0 Å². The van der Waals surface area contributed by atoms with Gasteiger partial charge in [0.1, 0.15) is 11.7 Å². The molecule has 1 atom stereocenters. The van der Waals surface area contributed by atoms with Crippen LogP contribution in [0.15, 0.2) is 66.0 Å². The van der Waals surface area contributed by atoms with Crippen LogP contribution in [0.4, 0.5) is 18.9 Å². The molecule has 0 saturated carbocycles. The van der Waals surface area contributed by atoms with Gasteiger partial charge in [-0.2, -0.15) is 10.1 Å². The summed E-state index contributed by atoms with van der Waals surface area (Å²) in [5.41, 5.74) is 1.31. The lowest BCUT2D eigenvalue weighted by atomic mass is 9.93. The molecule has 1 aliphatic heterocycles. The number of amides is 1. The van der Waals surface area contributed by atoms with Crippen molar-refractivity contribution in [3.63, 3.8) is 0 Å². The van der Waals surface area contributed by atoms with Crippen molar-refractivity contribution in [3.05, 3.63) is 72.1 Å². The number of ether oxygens (including phenoxy) is 1. The first-order valence-electron chi connectivity index (χ1n) is 10.0. The largest absolute Gasteiger partial charge is 0.575 e. The smallest absolute Gasteiger partial charge is 0.369 e. The van der Waals surface area contributed by atoms with Crippen LogP contribution in [0.2, 0.25) is 0 Å². The van der Waals surface area contributed by atoms with E-state index in [2.05, 4.69) is 19.8 Å². The molecule has 0 aliphatic carbocycles. The number of hydrogen-bond donors (Lipinski definition) is 1. The van der Waals surface area contributed by atoms with Crippen LogP contribution >= 0.6 is 0 Å². The quantitative estimate of drug-likeness (QED) is 0.435. The molecule has 2 heterocycles. The summed E-state index contributed by atoms with van der Waals surface area (Å²) in [7, 11) is 0. The van der Waals surface area contributed by atoms with Crippen LogP contribution in [-0.4, -0.2) is 39.7 Å². The third-order valence-corrected chi connectivity index (χ3v) is 5.07. The topological polar surface area (TPSA) is 105 Å². The molecule has 1 aromatic heterocycles. The maximum absolute atomic E-state index is 13.0. The third-order valence-electron chi connectivity index (χ3n) is 5.07. The average molecular weight is 470 g/mol. The highest BCUT2D eigenvalue weighted by molar-refractivity contribution is 6.27. The number of aromatic amines is 1. The minimum atomic E-state index is -5.14. The Morgan fingerprint density at radius 2 is 1.91 bits per heavy atom. The van der Waals surface area contributed by atoms with E-state index in [1.54, 1.807) is 30.6 Å². The molecule has 0 fully saturated rings. The summed E-state index contributed by atoms with van der Waals surface area (Å²) in [5.74, 6) is -3.19. The summed E-state index contributed by atoms with van der Waals surface area (Å²) in [4.78, 5) is 44.9. The SMILES string of the molecule is CC1=NN(c2cccc(C(=O)OC(F)(F)F)c2)C(=O)C1C(=O)Cc1cccc(-c2ncc[nH]2)c1. The van der Waals surface area contributed by atoms with Crippen molar-refractivity contribution >= 4 is 29.1 Å². The summed E-state index contributed by atoms with van der Waals surface area (Å²) in [6, 6.07) is 12.0. The number of benzene rings is 2. The Morgan fingerprint density at radius 3 is 2.62 bits per heavy atom. The molecule has 0 bridgehead atoms. The predicted molar refractivity (Wildman–Crippen MR) is 115 cm³/mol. The van der Waals surface area contributed by atoms with Gasteiger partial charge in [0.15, 0.2) is 5.78 Å². The van der Waals surface area contributed by atoms with Gasteiger partial charge in [-0.3, -0.25) is 9.59 Å². The monoisotopic (exact) mass is 470 g/mol. The first-order chi connectivity index (χ1) is 16.1. The van der Waals surface area contributed by atoms with Crippen LogP contribution in [-0.2, 0) is 20.7 Å². The Labute approximate surface area is 191 Å². The first-order valence-corrected chi connectivity index (χ1v) is 10.0. The number of hydrazone groups is 1. The zero-order valence-electron chi connectivity index (χ0n) is 17.7. The Kier molecular flexibility index (Phi) is 6.01. The van der Waals surface area contributed by atoms with E-state index in [0.29, 0.717) is 11.4 Å². The standard InChI is InChI=1S/C23H17F3N4O4/c1-13-19(18(31)11-14-4-2-5-15(10-14)20-27-8-9-28-20)21(32)30(29-13)17-7-3-6-16(12-17)22(33)34-23(24,25)26/h2-10,12,19H,11H2,1H3,(H,27,28). The van der Waals surface area contributed by atoms with Crippen LogP contribution in [0.3, 0.4) is 0 Å². The molecule has 0 radical (unpaired) electrons. The molecule has 0 spiro atoms. The van der Waals surface area contributed by atoms with Gasteiger partial charge in [0.2, 0.25) is 0 Å². The van der Waals surface area contributed by atoms with Crippen LogP contribution in [0.5, 0.6) is 0 Å². The summed E-state index contributed by atoms with van der Waals surface area (Å²) in [5, 5.41) is 5.01. The Hall–Kier alpha value is -4.28. The van der Waals surface area contributed by atoms with Crippen molar-refractivity contribution in [3.8, 4) is 11.4 Å². The summed E-state index contributed by atoms with van der Waals surface area (Å²) >= 11 is 0. The molecule has 11 heteroatoms. The number of nitrogens with zero attached hydrogens (tertiary/aromatic N) is 3. The zero-order chi connectivity index (χ0) is 24.5.